The number of anilines is 1. The molecule has 0 saturated heterocycles. The van der Waals surface area contributed by atoms with Crippen molar-refractivity contribution in [2.75, 3.05) is 18.3 Å². The van der Waals surface area contributed by atoms with Gasteiger partial charge in [0.1, 0.15) is 12.4 Å². The fourth-order valence-corrected chi connectivity index (χ4v) is 3.28. The minimum Gasteiger partial charge on any atom is -0.489 e. The fourth-order valence-electron chi connectivity index (χ4n) is 3.28. The van der Waals surface area contributed by atoms with Gasteiger partial charge in [0.05, 0.1) is 11.5 Å². The van der Waals surface area contributed by atoms with Crippen LogP contribution in [0.25, 0.3) is 0 Å². The lowest BCUT2D eigenvalue weighted by Crippen LogP contribution is -2.31. The van der Waals surface area contributed by atoms with Crippen molar-refractivity contribution in [3.8, 4) is 17.2 Å². The quantitative estimate of drug-likeness (QED) is 0.294. The van der Waals surface area contributed by atoms with E-state index in [1.165, 1.54) is 11.8 Å². The van der Waals surface area contributed by atoms with E-state index in [0.29, 0.717) is 28.5 Å². The first kappa shape index (κ1) is 20.9. The van der Waals surface area contributed by atoms with Crippen LogP contribution < -0.4 is 19.1 Å². The van der Waals surface area contributed by atoms with Crippen LogP contribution in [0.5, 0.6) is 17.2 Å². The predicted octanol–water partition coefficient (Wildman–Crippen LogP) is 4.03. The van der Waals surface area contributed by atoms with Crippen LogP contribution in [-0.4, -0.2) is 29.4 Å². The van der Waals surface area contributed by atoms with E-state index < -0.39 is 22.2 Å². The Bertz CT molecular complexity index is 1190. The first-order valence-electron chi connectivity index (χ1n) is 9.63. The van der Waals surface area contributed by atoms with Gasteiger partial charge < -0.3 is 23.6 Å². The second-order valence-electron chi connectivity index (χ2n) is 6.83. The Morgan fingerprint density at radius 1 is 1.28 bits per heavy atom. The molecule has 0 fully saturated rings. The number of aryl methyl sites for hydroxylation is 1. The predicted molar refractivity (Wildman–Crippen MR) is 113 cm³/mol. The summed E-state index contributed by atoms with van der Waals surface area (Å²) >= 11 is 0. The molecule has 164 valence electrons. The van der Waals surface area contributed by atoms with Crippen molar-refractivity contribution >= 4 is 17.3 Å². The minimum absolute atomic E-state index is 0.0505. The molecule has 10 heteroatoms. The molecule has 1 aromatic heterocycles. The van der Waals surface area contributed by atoms with Gasteiger partial charge in [-0.1, -0.05) is 36.0 Å². The van der Waals surface area contributed by atoms with E-state index in [0.717, 1.165) is 0 Å². The second kappa shape index (κ2) is 8.80. The van der Waals surface area contributed by atoms with Gasteiger partial charge >= 0.3 is 5.69 Å². The third-order valence-electron chi connectivity index (χ3n) is 4.79. The number of carbonyl (C=O) groups is 1. The minimum atomic E-state index is -0.703. The van der Waals surface area contributed by atoms with Gasteiger partial charge in [0.15, 0.2) is 11.5 Å². The first-order valence-corrected chi connectivity index (χ1v) is 9.63. The Balaban J connectivity index is 1.77. The molecule has 0 saturated carbocycles. The van der Waals surface area contributed by atoms with Gasteiger partial charge in [-0.25, -0.2) is 0 Å². The molecule has 3 aromatic rings. The monoisotopic (exact) mass is 437 g/mol. The Hall–Kier alpha value is -4.34. The van der Waals surface area contributed by atoms with Crippen molar-refractivity contribution in [1.29, 1.82) is 0 Å². The summed E-state index contributed by atoms with van der Waals surface area (Å²) < 4.78 is 21.4. The number of carbonyl (C=O) groups excluding carboxylic acids is 1. The molecule has 0 atom stereocenters. The number of amides is 1. The number of nitrogens with zero attached hydrogens (tertiary/aromatic N) is 3. The lowest BCUT2D eigenvalue weighted by atomic mass is 10.1. The Morgan fingerprint density at radius 2 is 2.06 bits per heavy atom. The van der Waals surface area contributed by atoms with E-state index in [1.807, 2.05) is 0 Å². The molecule has 10 nitrogen and oxygen atoms in total. The van der Waals surface area contributed by atoms with E-state index in [1.54, 1.807) is 48.5 Å². The van der Waals surface area contributed by atoms with Crippen molar-refractivity contribution in [3.63, 3.8) is 0 Å². The maximum Gasteiger partial charge on any atom is 0.344 e. The van der Waals surface area contributed by atoms with E-state index in [-0.39, 0.29) is 25.7 Å². The van der Waals surface area contributed by atoms with Crippen LogP contribution >= 0.6 is 0 Å². The maximum atomic E-state index is 13.5. The van der Waals surface area contributed by atoms with Crippen LogP contribution in [0, 0.1) is 17.0 Å². The number of hydrogen-bond acceptors (Lipinski definition) is 8. The van der Waals surface area contributed by atoms with Crippen molar-refractivity contribution in [2.24, 2.45) is 0 Å². The zero-order valence-corrected chi connectivity index (χ0v) is 17.1. The molecular formula is C22H19N3O7. The van der Waals surface area contributed by atoms with Crippen molar-refractivity contribution in [3.05, 3.63) is 82.3 Å². The smallest absolute Gasteiger partial charge is 0.344 e. The van der Waals surface area contributed by atoms with Crippen LogP contribution in [0.3, 0.4) is 0 Å². The molecule has 0 bridgehead atoms. The van der Waals surface area contributed by atoms with Gasteiger partial charge in [0.2, 0.25) is 18.2 Å². The highest BCUT2D eigenvalue weighted by molar-refractivity contribution is 6.07. The zero-order valence-electron chi connectivity index (χ0n) is 17.1. The Kier molecular flexibility index (Phi) is 5.75. The van der Waals surface area contributed by atoms with Crippen molar-refractivity contribution < 1.29 is 28.5 Å². The molecule has 0 unspecified atom stereocenters. The average molecular weight is 437 g/mol. The standard InChI is InChI=1S/C22H19N3O7/c1-3-10-29-17-7-5-4-6-15(17)12-24(16-8-9-18-19(11-16)31-13-30-18)22(26)20-21(25(27)28)14(2)32-23-20/h3-9,11H,1,10,12-13H2,2H3. The molecule has 0 spiro atoms. The summed E-state index contributed by atoms with van der Waals surface area (Å²) in [4.78, 5) is 25.7. The van der Waals surface area contributed by atoms with Gasteiger partial charge in [-0.05, 0) is 18.2 Å². The number of hydrogen-bond donors (Lipinski definition) is 0. The fraction of sp³-hybridized carbons (Fsp3) is 0.182. The van der Waals surface area contributed by atoms with Crippen LogP contribution in [0.1, 0.15) is 21.8 Å². The van der Waals surface area contributed by atoms with Crippen LogP contribution in [0.15, 0.2) is 59.6 Å². The van der Waals surface area contributed by atoms with Crippen LogP contribution in [-0.2, 0) is 6.54 Å². The third-order valence-corrected chi connectivity index (χ3v) is 4.79. The van der Waals surface area contributed by atoms with Gasteiger partial charge in [-0.2, -0.15) is 0 Å². The van der Waals surface area contributed by atoms with Crippen LogP contribution in [0.2, 0.25) is 0 Å². The summed E-state index contributed by atoms with van der Waals surface area (Å²) in [5.41, 5.74) is 0.252. The molecular weight excluding hydrogens is 418 g/mol. The van der Waals surface area contributed by atoms with Crippen molar-refractivity contribution in [2.45, 2.75) is 13.5 Å². The molecule has 32 heavy (non-hydrogen) atoms. The second-order valence-corrected chi connectivity index (χ2v) is 6.83. The number of ether oxygens (including phenoxy) is 3. The highest BCUT2D eigenvalue weighted by Crippen LogP contribution is 2.37. The largest absolute Gasteiger partial charge is 0.489 e. The average Bonchev–Trinajstić information content (AvgIpc) is 3.42. The molecule has 1 aliphatic heterocycles. The summed E-state index contributed by atoms with van der Waals surface area (Å²) in [5, 5.41) is 15.2. The summed E-state index contributed by atoms with van der Waals surface area (Å²) in [6.45, 7) is 5.43. The van der Waals surface area contributed by atoms with Gasteiger partial charge in [0, 0.05) is 24.2 Å². The Labute approximate surface area is 182 Å². The van der Waals surface area contributed by atoms with E-state index in [4.69, 9.17) is 18.7 Å². The number of fused-ring (bicyclic) bond motifs is 1. The highest BCUT2D eigenvalue weighted by Gasteiger charge is 2.34. The van der Waals surface area contributed by atoms with Crippen LogP contribution in [0.4, 0.5) is 11.4 Å². The molecule has 2 aromatic carbocycles. The number of nitro groups is 1. The van der Waals surface area contributed by atoms with Gasteiger partial charge in [-0.15, -0.1) is 0 Å². The van der Waals surface area contributed by atoms with E-state index >= 15 is 0 Å². The van der Waals surface area contributed by atoms with Gasteiger partial charge in [0.25, 0.3) is 5.91 Å². The molecule has 2 heterocycles. The summed E-state index contributed by atoms with van der Waals surface area (Å²) in [6, 6.07) is 12.1. The molecule has 1 aliphatic rings. The molecule has 0 radical (unpaired) electrons. The topological polar surface area (TPSA) is 117 Å². The number of para-hydroxylation sites is 1. The SMILES string of the molecule is C=CCOc1ccccc1CN(C(=O)c1noc(C)c1[N+](=O)[O-])c1ccc2c(c1)OCO2. The third kappa shape index (κ3) is 3.97. The number of rotatable bonds is 8. The van der Waals surface area contributed by atoms with E-state index in [9.17, 15) is 14.9 Å². The molecule has 4 rings (SSSR count). The molecule has 0 aliphatic carbocycles. The van der Waals surface area contributed by atoms with E-state index in [2.05, 4.69) is 11.7 Å². The first-order chi connectivity index (χ1) is 15.5. The summed E-state index contributed by atoms with van der Waals surface area (Å²) in [7, 11) is 0. The number of benzene rings is 2. The molecule has 1 amide bonds. The summed E-state index contributed by atoms with van der Waals surface area (Å²) in [5.74, 6) is 0.794. The summed E-state index contributed by atoms with van der Waals surface area (Å²) in [6.07, 6.45) is 1.61. The maximum absolute atomic E-state index is 13.5. The normalized spacial score (nSPS) is 11.8. The lowest BCUT2D eigenvalue weighted by molar-refractivity contribution is -0.386. The number of aromatic nitrogens is 1. The lowest BCUT2D eigenvalue weighted by Gasteiger charge is -2.23. The van der Waals surface area contributed by atoms with Crippen molar-refractivity contribution in [1.82, 2.24) is 5.16 Å². The Morgan fingerprint density at radius 3 is 2.84 bits per heavy atom. The highest BCUT2D eigenvalue weighted by atomic mass is 16.7. The molecule has 0 N–H and O–H groups in total. The zero-order chi connectivity index (χ0) is 22.7. The van der Waals surface area contributed by atoms with Gasteiger partial charge in [-0.3, -0.25) is 14.9 Å².